The fraction of sp³-hybridized carbons (Fsp3) is 0.538. The zero-order valence-corrected chi connectivity index (χ0v) is 12.1. The molecule has 6 nitrogen and oxygen atoms in total. The third-order valence-electron chi connectivity index (χ3n) is 3.09. The largest absolute Gasteiger partial charge is 0.489 e. The first-order valence-electron chi connectivity index (χ1n) is 5.92. The van der Waals surface area contributed by atoms with E-state index in [1.165, 1.54) is 19.4 Å². The number of esters is 1. The van der Waals surface area contributed by atoms with Crippen molar-refractivity contribution in [1.82, 2.24) is 9.88 Å². The quantitative estimate of drug-likeness (QED) is 0.807. The molecule has 0 amide bonds. The van der Waals surface area contributed by atoms with Gasteiger partial charge < -0.3 is 20.1 Å². The van der Waals surface area contributed by atoms with Crippen molar-refractivity contribution in [2.45, 2.75) is 19.4 Å². The number of methoxy groups -OCH3 is 1. The highest BCUT2D eigenvalue weighted by Crippen LogP contribution is 2.22. The van der Waals surface area contributed by atoms with Gasteiger partial charge in [0.05, 0.1) is 13.3 Å². The maximum atomic E-state index is 11.6. The van der Waals surface area contributed by atoms with Crippen LogP contribution >= 0.6 is 0 Å². The third kappa shape index (κ3) is 3.82. The summed E-state index contributed by atoms with van der Waals surface area (Å²) >= 11 is 0. The molecule has 0 aliphatic heterocycles. The van der Waals surface area contributed by atoms with E-state index in [9.17, 15) is 4.79 Å². The molecule has 0 fully saturated rings. The molecule has 1 aromatic heterocycles. The predicted octanol–water partition coefficient (Wildman–Crippen LogP) is 1.17. The van der Waals surface area contributed by atoms with Crippen molar-refractivity contribution in [1.29, 1.82) is 0 Å². The van der Waals surface area contributed by atoms with Gasteiger partial charge in [-0.25, -0.2) is 9.78 Å². The van der Waals surface area contributed by atoms with Gasteiger partial charge >= 0.3 is 5.97 Å². The number of nitrogen functional groups attached to an aromatic ring is 1. The summed E-state index contributed by atoms with van der Waals surface area (Å²) in [6.45, 7) is 4.49. The zero-order chi connectivity index (χ0) is 14.6. The molecule has 2 N–H and O–H groups in total. The standard InChI is InChI=1S/C13H21N3O3/c1-13(2,16(3)4)8-19-10-7-15-11(14)6-9(10)12(17)18-5/h6-7H,8H2,1-5H3,(H2,14,15). The number of nitrogens with two attached hydrogens (primary N) is 1. The van der Waals surface area contributed by atoms with Crippen molar-refractivity contribution in [2.24, 2.45) is 0 Å². The van der Waals surface area contributed by atoms with E-state index >= 15 is 0 Å². The van der Waals surface area contributed by atoms with Gasteiger partial charge in [0.1, 0.15) is 18.0 Å². The highest BCUT2D eigenvalue weighted by molar-refractivity contribution is 5.93. The van der Waals surface area contributed by atoms with Crippen LogP contribution < -0.4 is 10.5 Å². The van der Waals surface area contributed by atoms with Gasteiger partial charge in [0, 0.05) is 5.54 Å². The fourth-order valence-corrected chi connectivity index (χ4v) is 1.23. The summed E-state index contributed by atoms with van der Waals surface area (Å²) in [7, 11) is 5.24. The first-order chi connectivity index (χ1) is 8.77. The summed E-state index contributed by atoms with van der Waals surface area (Å²) in [6.07, 6.45) is 1.44. The Labute approximate surface area is 113 Å². The molecule has 0 saturated carbocycles. The van der Waals surface area contributed by atoms with Crippen LogP contribution in [-0.4, -0.2) is 49.2 Å². The third-order valence-corrected chi connectivity index (χ3v) is 3.09. The van der Waals surface area contributed by atoms with Crippen LogP contribution in [0, 0.1) is 0 Å². The van der Waals surface area contributed by atoms with Crippen LogP contribution in [0.5, 0.6) is 5.75 Å². The van der Waals surface area contributed by atoms with Crippen LogP contribution in [0.15, 0.2) is 12.3 Å². The van der Waals surface area contributed by atoms with Crippen LogP contribution in [0.25, 0.3) is 0 Å². The minimum Gasteiger partial charge on any atom is -0.489 e. The molecule has 0 saturated heterocycles. The number of nitrogens with zero attached hydrogens (tertiary/aromatic N) is 2. The molecule has 0 aliphatic rings. The number of aromatic nitrogens is 1. The number of hydrogen-bond acceptors (Lipinski definition) is 6. The van der Waals surface area contributed by atoms with Gasteiger partial charge in [0.15, 0.2) is 5.75 Å². The Kier molecular flexibility index (Phi) is 4.72. The van der Waals surface area contributed by atoms with Crippen molar-refractivity contribution in [2.75, 3.05) is 33.5 Å². The lowest BCUT2D eigenvalue weighted by atomic mass is 10.1. The number of carbonyl (C=O) groups excluding carboxylic acids is 1. The smallest absolute Gasteiger partial charge is 0.341 e. The summed E-state index contributed by atoms with van der Waals surface area (Å²) in [5, 5.41) is 0. The minimum absolute atomic E-state index is 0.172. The minimum atomic E-state index is -0.494. The van der Waals surface area contributed by atoms with Gasteiger partial charge in [-0.15, -0.1) is 0 Å². The number of hydrogen-bond donors (Lipinski definition) is 1. The molecule has 106 valence electrons. The number of carbonyl (C=O) groups is 1. The van der Waals surface area contributed by atoms with E-state index in [0.717, 1.165) is 0 Å². The summed E-state index contributed by atoms with van der Waals surface area (Å²) in [5.74, 6) is 0.127. The van der Waals surface area contributed by atoms with Crippen molar-refractivity contribution >= 4 is 11.8 Å². The Morgan fingerprint density at radius 1 is 1.47 bits per heavy atom. The van der Waals surface area contributed by atoms with Crippen molar-refractivity contribution in [3.05, 3.63) is 17.8 Å². The summed E-state index contributed by atoms with van der Waals surface area (Å²) in [5.41, 5.74) is 5.68. The van der Waals surface area contributed by atoms with E-state index in [-0.39, 0.29) is 16.9 Å². The second-order valence-electron chi connectivity index (χ2n) is 5.09. The van der Waals surface area contributed by atoms with Gasteiger partial charge in [0.25, 0.3) is 0 Å². The van der Waals surface area contributed by atoms with E-state index in [2.05, 4.69) is 4.98 Å². The molecule has 1 aromatic rings. The number of ether oxygens (including phenoxy) is 2. The second-order valence-corrected chi connectivity index (χ2v) is 5.09. The molecule has 0 aromatic carbocycles. The molecule has 1 heterocycles. The van der Waals surface area contributed by atoms with Gasteiger partial charge in [-0.3, -0.25) is 0 Å². The SMILES string of the molecule is COC(=O)c1cc(N)ncc1OCC(C)(C)N(C)C. The molecule has 0 unspecified atom stereocenters. The number of likely N-dealkylation sites (N-methyl/N-ethyl adjacent to an activating group) is 1. The Morgan fingerprint density at radius 3 is 2.63 bits per heavy atom. The van der Waals surface area contributed by atoms with E-state index in [4.69, 9.17) is 15.2 Å². The lowest BCUT2D eigenvalue weighted by Crippen LogP contribution is -2.43. The molecular formula is C13H21N3O3. The summed E-state index contributed by atoms with van der Waals surface area (Å²) in [4.78, 5) is 17.6. The number of pyridine rings is 1. The maximum absolute atomic E-state index is 11.6. The zero-order valence-electron chi connectivity index (χ0n) is 12.1. The molecule has 19 heavy (non-hydrogen) atoms. The molecule has 1 rings (SSSR count). The van der Waals surface area contributed by atoms with Crippen LogP contribution in [-0.2, 0) is 4.74 Å². The van der Waals surface area contributed by atoms with Gasteiger partial charge in [-0.2, -0.15) is 0 Å². The van der Waals surface area contributed by atoms with Crippen molar-refractivity contribution in [3.8, 4) is 5.75 Å². The van der Waals surface area contributed by atoms with E-state index in [1.54, 1.807) is 0 Å². The number of anilines is 1. The Balaban J connectivity index is 2.92. The monoisotopic (exact) mass is 267 g/mol. The highest BCUT2D eigenvalue weighted by atomic mass is 16.5. The van der Waals surface area contributed by atoms with Crippen LogP contribution in [0.2, 0.25) is 0 Å². The van der Waals surface area contributed by atoms with Crippen LogP contribution in [0.4, 0.5) is 5.82 Å². The topological polar surface area (TPSA) is 77.7 Å². The van der Waals surface area contributed by atoms with Crippen molar-refractivity contribution < 1.29 is 14.3 Å². The fourth-order valence-electron chi connectivity index (χ4n) is 1.23. The van der Waals surface area contributed by atoms with Gasteiger partial charge in [0.2, 0.25) is 0 Å². The molecule has 0 atom stereocenters. The lowest BCUT2D eigenvalue weighted by Gasteiger charge is -2.32. The predicted molar refractivity (Wildman–Crippen MR) is 73.2 cm³/mol. The average Bonchev–Trinajstić information content (AvgIpc) is 2.36. The molecule has 6 heteroatoms. The lowest BCUT2D eigenvalue weighted by molar-refractivity contribution is 0.0589. The Bertz CT molecular complexity index is 458. The number of rotatable bonds is 5. The first-order valence-corrected chi connectivity index (χ1v) is 5.92. The first kappa shape index (κ1) is 15.2. The Hall–Kier alpha value is -1.82. The normalized spacial score (nSPS) is 11.5. The van der Waals surface area contributed by atoms with E-state index in [0.29, 0.717) is 12.4 Å². The summed E-state index contributed by atoms with van der Waals surface area (Å²) < 4.78 is 10.4. The Morgan fingerprint density at radius 2 is 2.11 bits per heavy atom. The van der Waals surface area contributed by atoms with Crippen LogP contribution in [0.3, 0.4) is 0 Å². The van der Waals surface area contributed by atoms with Crippen LogP contribution in [0.1, 0.15) is 24.2 Å². The van der Waals surface area contributed by atoms with E-state index in [1.807, 2.05) is 32.8 Å². The highest BCUT2D eigenvalue weighted by Gasteiger charge is 2.23. The van der Waals surface area contributed by atoms with Gasteiger partial charge in [-0.1, -0.05) is 0 Å². The summed E-state index contributed by atoms with van der Waals surface area (Å²) in [6, 6.07) is 1.45. The molecule has 0 bridgehead atoms. The van der Waals surface area contributed by atoms with Gasteiger partial charge in [-0.05, 0) is 34.0 Å². The molecular weight excluding hydrogens is 246 g/mol. The molecule has 0 aliphatic carbocycles. The van der Waals surface area contributed by atoms with E-state index < -0.39 is 5.97 Å². The molecule has 0 spiro atoms. The molecule has 0 radical (unpaired) electrons. The van der Waals surface area contributed by atoms with Crippen molar-refractivity contribution in [3.63, 3.8) is 0 Å². The average molecular weight is 267 g/mol. The second kappa shape index (κ2) is 5.88. The maximum Gasteiger partial charge on any atom is 0.341 e.